The van der Waals surface area contributed by atoms with Crippen molar-refractivity contribution in [1.29, 1.82) is 0 Å². The van der Waals surface area contributed by atoms with Gasteiger partial charge in [-0.25, -0.2) is 4.39 Å². The van der Waals surface area contributed by atoms with Crippen molar-refractivity contribution < 1.29 is 4.39 Å². The Morgan fingerprint density at radius 3 is 2.11 bits per heavy atom. The Hall–Kier alpha value is -2.82. The summed E-state index contributed by atoms with van der Waals surface area (Å²) in [7, 11) is 0. The van der Waals surface area contributed by atoms with E-state index in [0.717, 1.165) is 24.8 Å². The van der Waals surface area contributed by atoms with Crippen molar-refractivity contribution in [3.63, 3.8) is 0 Å². The van der Waals surface area contributed by atoms with E-state index in [1.165, 1.54) is 22.8 Å². The Balaban J connectivity index is 1.59. The van der Waals surface area contributed by atoms with E-state index in [4.69, 9.17) is 11.6 Å². The number of allylic oxidation sites excluding steroid dienone is 1. The van der Waals surface area contributed by atoms with Gasteiger partial charge in [0.1, 0.15) is 5.82 Å². The highest BCUT2D eigenvalue weighted by Gasteiger charge is 2.00. The van der Waals surface area contributed by atoms with Crippen LogP contribution in [0.2, 0.25) is 5.02 Å². The van der Waals surface area contributed by atoms with Gasteiger partial charge in [0.2, 0.25) is 0 Å². The second kappa shape index (κ2) is 9.93. The maximum absolute atomic E-state index is 13.8. The molecule has 0 heterocycles. The summed E-state index contributed by atoms with van der Waals surface area (Å²) < 4.78 is 13.8. The molecule has 0 aromatic heterocycles. The van der Waals surface area contributed by atoms with Crippen LogP contribution in [0.25, 0.3) is 6.08 Å². The van der Waals surface area contributed by atoms with Crippen molar-refractivity contribution in [3.8, 4) is 11.8 Å². The number of benzene rings is 3. The van der Waals surface area contributed by atoms with Gasteiger partial charge >= 0.3 is 0 Å². The lowest BCUT2D eigenvalue weighted by molar-refractivity contribution is 0.624. The first-order valence-electron chi connectivity index (χ1n) is 9.45. The Morgan fingerprint density at radius 2 is 1.50 bits per heavy atom. The largest absolute Gasteiger partial charge is 0.206 e. The quantitative estimate of drug-likeness (QED) is 0.409. The first-order valence-corrected chi connectivity index (χ1v) is 9.83. The van der Waals surface area contributed by atoms with Gasteiger partial charge in [-0.3, -0.25) is 0 Å². The first-order chi connectivity index (χ1) is 13.6. The van der Waals surface area contributed by atoms with Crippen LogP contribution in [0.15, 0.2) is 72.8 Å². The molecule has 0 unspecified atom stereocenters. The summed E-state index contributed by atoms with van der Waals surface area (Å²) >= 11 is 5.76. The van der Waals surface area contributed by atoms with E-state index in [-0.39, 0.29) is 0 Å². The fourth-order valence-electron chi connectivity index (χ4n) is 2.82. The Kier molecular flexibility index (Phi) is 7.06. The van der Waals surface area contributed by atoms with Crippen LogP contribution < -0.4 is 0 Å². The predicted molar refractivity (Wildman–Crippen MR) is 117 cm³/mol. The van der Waals surface area contributed by atoms with Crippen LogP contribution in [0, 0.1) is 17.7 Å². The molecule has 0 fully saturated rings. The summed E-state index contributed by atoms with van der Waals surface area (Å²) in [4.78, 5) is 0. The molecule has 140 valence electrons. The van der Waals surface area contributed by atoms with E-state index in [1.807, 2.05) is 12.1 Å². The molecule has 3 rings (SSSR count). The average molecular weight is 389 g/mol. The third-order valence-electron chi connectivity index (χ3n) is 4.45. The summed E-state index contributed by atoms with van der Waals surface area (Å²) in [6.07, 6.45) is 7.35. The van der Waals surface area contributed by atoms with Crippen LogP contribution in [0.5, 0.6) is 0 Å². The van der Waals surface area contributed by atoms with Crippen LogP contribution >= 0.6 is 11.6 Å². The Morgan fingerprint density at radius 1 is 0.857 bits per heavy atom. The van der Waals surface area contributed by atoms with Crippen molar-refractivity contribution in [1.82, 2.24) is 0 Å². The summed E-state index contributed by atoms with van der Waals surface area (Å²) in [5.74, 6) is 5.47. The average Bonchev–Trinajstić information content (AvgIpc) is 2.71. The zero-order valence-electron chi connectivity index (χ0n) is 15.9. The molecular formula is C26H22ClF. The van der Waals surface area contributed by atoms with Gasteiger partial charge in [-0.1, -0.05) is 78.9 Å². The molecule has 0 aliphatic carbocycles. The van der Waals surface area contributed by atoms with Gasteiger partial charge < -0.3 is 0 Å². The molecule has 3 aromatic carbocycles. The molecule has 0 atom stereocenters. The number of rotatable bonds is 5. The summed E-state index contributed by atoms with van der Waals surface area (Å²) in [6.45, 7) is 2.14. The fourth-order valence-corrected chi connectivity index (χ4v) is 2.98. The normalized spacial score (nSPS) is 10.7. The lowest BCUT2D eigenvalue weighted by Crippen LogP contribution is -1.91. The maximum atomic E-state index is 13.8. The topological polar surface area (TPSA) is 0 Å². The molecule has 28 heavy (non-hydrogen) atoms. The molecule has 0 spiro atoms. The minimum Gasteiger partial charge on any atom is -0.206 e. The molecule has 2 heteroatoms. The molecule has 0 aliphatic rings. The van der Waals surface area contributed by atoms with Gasteiger partial charge in [-0.2, -0.15) is 0 Å². The van der Waals surface area contributed by atoms with E-state index in [9.17, 15) is 4.39 Å². The molecule has 3 aromatic rings. The van der Waals surface area contributed by atoms with Crippen LogP contribution in [0.1, 0.15) is 41.2 Å². The standard InChI is InChI=1S/C26H22ClF/c1-2-3-4-20-5-7-21(8-6-20)9-10-22-11-13-23(14-12-22)15-16-24-17-18-25(27)19-26(24)28/h3-8,11-14,17-19H,2,9-10H2,1H3/b4-3+. The molecule has 0 amide bonds. The number of hydrogen-bond acceptors (Lipinski definition) is 0. The van der Waals surface area contributed by atoms with E-state index >= 15 is 0 Å². The summed E-state index contributed by atoms with van der Waals surface area (Å²) in [5, 5.41) is 0.375. The van der Waals surface area contributed by atoms with Crippen LogP contribution in [-0.2, 0) is 12.8 Å². The van der Waals surface area contributed by atoms with Gasteiger partial charge in [0.25, 0.3) is 0 Å². The van der Waals surface area contributed by atoms with Crippen LogP contribution in [0.3, 0.4) is 0 Å². The van der Waals surface area contributed by atoms with Crippen molar-refractivity contribution in [3.05, 3.63) is 111 Å². The first kappa shape index (κ1) is 19.9. The predicted octanol–water partition coefficient (Wildman–Crippen LogP) is 7.09. The summed E-state index contributed by atoms with van der Waals surface area (Å²) in [6, 6.07) is 21.4. The van der Waals surface area contributed by atoms with Gasteiger partial charge in [0, 0.05) is 10.6 Å². The number of halogens is 2. The number of aryl methyl sites for hydroxylation is 2. The Labute approximate surface area is 171 Å². The molecule has 0 nitrogen and oxygen atoms in total. The van der Waals surface area contributed by atoms with E-state index < -0.39 is 5.82 Å². The van der Waals surface area contributed by atoms with Crippen molar-refractivity contribution in [2.24, 2.45) is 0 Å². The second-order valence-electron chi connectivity index (χ2n) is 6.62. The third-order valence-corrected chi connectivity index (χ3v) is 4.69. The fraction of sp³-hybridized carbons (Fsp3) is 0.154. The molecule has 0 radical (unpaired) electrons. The smallest absolute Gasteiger partial charge is 0.140 e. The zero-order valence-corrected chi connectivity index (χ0v) is 16.6. The second-order valence-corrected chi connectivity index (χ2v) is 7.06. The van der Waals surface area contributed by atoms with Crippen LogP contribution in [-0.4, -0.2) is 0 Å². The van der Waals surface area contributed by atoms with Crippen molar-refractivity contribution in [2.75, 3.05) is 0 Å². The highest BCUT2D eigenvalue weighted by atomic mass is 35.5. The maximum Gasteiger partial charge on any atom is 0.140 e. The lowest BCUT2D eigenvalue weighted by atomic mass is 10.0. The number of hydrogen-bond donors (Lipinski definition) is 0. The highest BCUT2D eigenvalue weighted by Crippen LogP contribution is 2.14. The summed E-state index contributed by atoms with van der Waals surface area (Å²) in [5.41, 5.74) is 5.05. The van der Waals surface area contributed by atoms with E-state index in [0.29, 0.717) is 10.6 Å². The van der Waals surface area contributed by atoms with E-state index in [2.05, 4.69) is 67.3 Å². The molecule has 0 saturated carbocycles. The minimum atomic E-state index is -0.396. The third kappa shape index (κ3) is 5.84. The van der Waals surface area contributed by atoms with Gasteiger partial charge in [-0.15, -0.1) is 0 Å². The minimum absolute atomic E-state index is 0.353. The molecule has 0 saturated heterocycles. The molecule has 0 aliphatic heterocycles. The Bertz CT molecular complexity index is 1000. The van der Waals surface area contributed by atoms with Crippen molar-refractivity contribution in [2.45, 2.75) is 26.2 Å². The SMILES string of the molecule is CC/C=C/c1ccc(CCc2ccc(C#Cc3ccc(Cl)cc3F)cc2)cc1. The van der Waals surface area contributed by atoms with Gasteiger partial charge in [-0.05, 0) is 66.3 Å². The lowest BCUT2D eigenvalue weighted by Gasteiger charge is -2.03. The van der Waals surface area contributed by atoms with Crippen molar-refractivity contribution >= 4 is 17.7 Å². The van der Waals surface area contributed by atoms with Crippen LogP contribution in [0.4, 0.5) is 4.39 Å². The monoisotopic (exact) mass is 388 g/mol. The van der Waals surface area contributed by atoms with E-state index in [1.54, 1.807) is 12.1 Å². The van der Waals surface area contributed by atoms with Gasteiger partial charge in [0.15, 0.2) is 0 Å². The highest BCUT2D eigenvalue weighted by molar-refractivity contribution is 6.30. The molecular weight excluding hydrogens is 367 g/mol. The zero-order chi connectivity index (χ0) is 19.8. The van der Waals surface area contributed by atoms with Gasteiger partial charge in [0.05, 0.1) is 5.56 Å². The molecule has 0 bridgehead atoms. The molecule has 0 N–H and O–H groups in total.